The lowest BCUT2D eigenvalue weighted by Gasteiger charge is -2.36. The summed E-state index contributed by atoms with van der Waals surface area (Å²) >= 11 is 5.94. The van der Waals surface area contributed by atoms with Gasteiger partial charge in [-0.25, -0.2) is 13.3 Å². The number of imide groups is 1. The van der Waals surface area contributed by atoms with Crippen LogP contribution in [0, 0.1) is 6.92 Å². The number of amides is 2. The second kappa shape index (κ2) is 8.11. The lowest BCUT2D eigenvalue weighted by Crippen LogP contribution is -2.53. The lowest BCUT2D eigenvalue weighted by molar-refractivity contribution is -0.123. The van der Waals surface area contributed by atoms with Crippen LogP contribution >= 0.6 is 11.6 Å². The summed E-state index contributed by atoms with van der Waals surface area (Å²) in [5.41, 5.74) is 1.62. The molecule has 2 saturated heterocycles. The number of hydrogen-bond donors (Lipinski definition) is 0. The van der Waals surface area contributed by atoms with E-state index in [1.807, 2.05) is 24.0 Å². The molecule has 0 aromatic heterocycles. The van der Waals surface area contributed by atoms with E-state index < -0.39 is 16.1 Å². The lowest BCUT2D eigenvalue weighted by atomic mass is 10.2. The molecule has 0 unspecified atom stereocenters. The van der Waals surface area contributed by atoms with Gasteiger partial charge < -0.3 is 0 Å². The van der Waals surface area contributed by atoms with Crippen LogP contribution in [0.25, 0.3) is 0 Å². The molecule has 1 atom stereocenters. The summed E-state index contributed by atoms with van der Waals surface area (Å²) < 4.78 is 27.1. The zero-order chi connectivity index (χ0) is 21.5. The Morgan fingerprint density at radius 3 is 2.27 bits per heavy atom. The number of rotatable bonds is 4. The molecule has 0 radical (unpaired) electrons. The molecule has 30 heavy (non-hydrogen) atoms. The summed E-state index contributed by atoms with van der Waals surface area (Å²) in [5, 5.41) is 0.362. The number of anilines is 1. The molecular formula is C21H22ClN3O4S. The summed E-state index contributed by atoms with van der Waals surface area (Å²) in [6.07, 6.45) is 0.105. The van der Waals surface area contributed by atoms with Crippen molar-refractivity contribution in [2.24, 2.45) is 0 Å². The smallest absolute Gasteiger partial charge is 0.251 e. The van der Waals surface area contributed by atoms with Crippen LogP contribution in [0.2, 0.25) is 5.02 Å². The predicted octanol–water partition coefficient (Wildman–Crippen LogP) is 2.29. The van der Waals surface area contributed by atoms with Gasteiger partial charge in [0.15, 0.2) is 0 Å². The van der Waals surface area contributed by atoms with Gasteiger partial charge in [-0.15, -0.1) is 0 Å². The minimum absolute atomic E-state index is 0.105. The maximum atomic E-state index is 13.0. The minimum atomic E-state index is -3.65. The number of piperazine rings is 1. The Labute approximate surface area is 180 Å². The van der Waals surface area contributed by atoms with E-state index in [0.29, 0.717) is 23.8 Å². The maximum absolute atomic E-state index is 13.0. The molecule has 7 nitrogen and oxygen atoms in total. The molecule has 0 bridgehead atoms. The highest BCUT2D eigenvalue weighted by atomic mass is 35.5. The van der Waals surface area contributed by atoms with E-state index in [4.69, 9.17) is 11.6 Å². The fraction of sp³-hybridized carbons (Fsp3) is 0.333. The summed E-state index contributed by atoms with van der Waals surface area (Å²) in [6, 6.07) is 12.9. The summed E-state index contributed by atoms with van der Waals surface area (Å²) in [5.74, 6) is -0.488. The summed E-state index contributed by atoms with van der Waals surface area (Å²) in [6.45, 7) is 3.20. The van der Waals surface area contributed by atoms with Crippen molar-refractivity contribution in [2.75, 3.05) is 31.1 Å². The highest BCUT2D eigenvalue weighted by molar-refractivity contribution is 7.89. The molecule has 2 aliphatic rings. The Kier molecular flexibility index (Phi) is 5.67. The first-order chi connectivity index (χ1) is 14.3. The Hall–Kier alpha value is -2.26. The molecular weight excluding hydrogens is 426 g/mol. The van der Waals surface area contributed by atoms with Crippen molar-refractivity contribution < 1.29 is 18.0 Å². The normalized spacial score (nSPS) is 21.4. The minimum Gasteiger partial charge on any atom is -0.289 e. The number of nitrogens with zero attached hydrogens (tertiary/aromatic N) is 3. The van der Waals surface area contributed by atoms with Gasteiger partial charge in [-0.2, -0.15) is 4.31 Å². The van der Waals surface area contributed by atoms with E-state index in [-0.39, 0.29) is 36.2 Å². The highest BCUT2D eigenvalue weighted by Gasteiger charge is 2.44. The number of hydrogen-bond acceptors (Lipinski definition) is 5. The molecule has 2 aromatic carbocycles. The predicted molar refractivity (Wildman–Crippen MR) is 114 cm³/mol. The van der Waals surface area contributed by atoms with Crippen LogP contribution in [-0.2, 0) is 19.6 Å². The highest BCUT2D eigenvalue weighted by Crippen LogP contribution is 2.28. The summed E-state index contributed by atoms with van der Waals surface area (Å²) in [4.78, 5) is 28.8. The van der Waals surface area contributed by atoms with Gasteiger partial charge in [0.1, 0.15) is 0 Å². The van der Waals surface area contributed by atoms with Gasteiger partial charge in [0.05, 0.1) is 23.0 Å². The third-order valence-corrected chi connectivity index (χ3v) is 7.69. The second-order valence-electron chi connectivity index (χ2n) is 7.52. The van der Waals surface area contributed by atoms with Crippen LogP contribution in [0.15, 0.2) is 53.4 Å². The first-order valence-corrected chi connectivity index (χ1v) is 11.5. The first kappa shape index (κ1) is 21.0. The molecule has 2 aromatic rings. The molecule has 4 rings (SSSR count). The monoisotopic (exact) mass is 447 g/mol. The quantitative estimate of drug-likeness (QED) is 0.672. The van der Waals surface area contributed by atoms with E-state index >= 15 is 0 Å². The van der Waals surface area contributed by atoms with Crippen molar-refractivity contribution in [1.82, 2.24) is 9.21 Å². The van der Waals surface area contributed by atoms with Crippen molar-refractivity contribution in [2.45, 2.75) is 24.3 Å². The molecule has 158 valence electrons. The fourth-order valence-electron chi connectivity index (χ4n) is 3.90. The third kappa shape index (κ3) is 3.88. The summed E-state index contributed by atoms with van der Waals surface area (Å²) in [7, 11) is -3.65. The van der Waals surface area contributed by atoms with E-state index in [1.54, 1.807) is 24.3 Å². The van der Waals surface area contributed by atoms with Gasteiger partial charge >= 0.3 is 0 Å². The van der Waals surface area contributed by atoms with E-state index in [0.717, 1.165) is 5.56 Å². The van der Waals surface area contributed by atoms with Crippen LogP contribution in [-0.4, -0.2) is 61.7 Å². The van der Waals surface area contributed by atoms with Gasteiger partial charge in [0.2, 0.25) is 15.9 Å². The number of aryl methyl sites for hydroxylation is 1. The number of carbonyl (C=O) groups is 2. The Morgan fingerprint density at radius 1 is 0.967 bits per heavy atom. The Balaban J connectivity index is 1.45. The van der Waals surface area contributed by atoms with Crippen LogP contribution in [0.5, 0.6) is 0 Å². The molecule has 9 heteroatoms. The Bertz CT molecular complexity index is 1080. The molecule has 0 aliphatic carbocycles. The molecule has 2 amide bonds. The van der Waals surface area contributed by atoms with E-state index in [2.05, 4.69) is 0 Å². The largest absolute Gasteiger partial charge is 0.289 e. The molecule has 0 N–H and O–H groups in total. The molecule has 0 spiro atoms. The average molecular weight is 448 g/mol. The van der Waals surface area contributed by atoms with Crippen molar-refractivity contribution in [3.63, 3.8) is 0 Å². The van der Waals surface area contributed by atoms with Gasteiger partial charge in [0, 0.05) is 31.2 Å². The first-order valence-electron chi connectivity index (χ1n) is 9.70. The number of carbonyl (C=O) groups excluding carboxylic acids is 2. The Morgan fingerprint density at radius 2 is 1.63 bits per heavy atom. The second-order valence-corrected chi connectivity index (χ2v) is 9.89. The fourth-order valence-corrected chi connectivity index (χ4v) is 5.62. The molecule has 2 aliphatic heterocycles. The third-order valence-electron chi connectivity index (χ3n) is 5.56. The zero-order valence-electron chi connectivity index (χ0n) is 16.5. The number of benzene rings is 2. The van der Waals surface area contributed by atoms with E-state index in [1.165, 1.54) is 21.3 Å². The maximum Gasteiger partial charge on any atom is 0.251 e. The van der Waals surface area contributed by atoms with Crippen molar-refractivity contribution in [1.29, 1.82) is 0 Å². The van der Waals surface area contributed by atoms with Crippen molar-refractivity contribution in [3.05, 3.63) is 59.1 Å². The van der Waals surface area contributed by atoms with Crippen LogP contribution in [0.1, 0.15) is 12.0 Å². The van der Waals surface area contributed by atoms with Gasteiger partial charge in [0.25, 0.3) is 5.91 Å². The average Bonchev–Trinajstić information content (AvgIpc) is 3.03. The number of halogens is 1. The topological polar surface area (TPSA) is 78.0 Å². The number of sulfonamides is 1. The van der Waals surface area contributed by atoms with Gasteiger partial charge in [-0.05, 0) is 37.3 Å². The zero-order valence-corrected chi connectivity index (χ0v) is 18.1. The van der Waals surface area contributed by atoms with Gasteiger partial charge in [-0.3, -0.25) is 14.5 Å². The standard InChI is InChI=1S/C21H22ClN3O4S/c1-15-5-7-17(8-6-15)25-20(26)14-19(21(25)27)23-9-11-24(12-10-23)30(28,29)18-4-2-3-16(22)13-18/h2-8,13,19H,9-12,14H2,1H3/t19-/m1/s1. The SMILES string of the molecule is Cc1ccc(N2C(=O)C[C@@H](N3CCN(S(=O)(=O)c4cccc(Cl)c4)CC3)C2=O)cc1. The van der Waals surface area contributed by atoms with Crippen LogP contribution in [0.3, 0.4) is 0 Å². The van der Waals surface area contributed by atoms with Crippen molar-refractivity contribution in [3.8, 4) is 0 Å². The van der Waals surface area contributed by atoms with Gasteiger partial charge in [-0.1, -0.05) is 35.4 Å². The van der Waals surface area contributed by atoms with Crippen LogP contribution < -0.4 is 4.90 Å². The van der Waals surface area contributed by atoms with E-state index in [9.17, 15) is 18.0 Å². The van der Waals surface area contributed by atoms with Crippen molar-refractivity contribution >= 4 is 39.1 Å². The van der Waals surface area contributed by atoms with Crippen LogP contribution in [0.4, 0.5) is 5.69 Å². The molecule has 2 heterocycles. The molecule has 2 fully saturated rings. The molecule has 0 saturated carbocycles.